The lowest BCUT2D eigenvalue weighted by atomic mass is 9.77. The Balaban J connectivity index is 1.92. The molecule has 4 bridgehead atoms. The van der Waals surface area contributed by atoms with Crippen LogP contribution in [0.25, 0.3) is 0 Å². The van der Waals surface area contributed by atoms with Gasteiger partial charge < -0.3 is 0 Å². The van der Waals surface area contributed by atoms with E-state index in [1.165, 1.54) is 60.8 Å². The minimum absolute atomic E-state index is 0.342. The summed E-state index contributed by atoms with van der Waals surface area (Å²) in [5, 5.41) is 0. The largest absolute Gasteiger partial charge is 0.0617 e. The number of benzene rings is 2. The van der Waals surface area contributed by atoms with Crippen LogP contribution < -0.4 is 0 Å². The Kier molecular flexibility index (Phi) is 4.85. The SMILES string of the molecule is CC1(C)CCc2cccc(c2)CCC(C)(C)Cc2cccc(c2)C1. The number of hydrogen-bond donors (Lipinski definition) is 0. The summed E-state index contributed by atoms with van der Waals surface area (Å²) >= 11 is 0. The van der Waals surface area contributed by atoms with E-state index < -0.39 is 0 Å². The summed E-state index contributed by atoms with van der Waals surface area (Å²) in [7, 11) is 0. The maximum Gasteiger partial charge on any atom is -0.0227 e. The summed E-state index contributed by atoms with van der Waals surface area (Å²) in [5.74, 6) is 0. The predicted molar refractivity (Wildman–Crippen MR) is 104 cm³/mol. The van der Waals surface area contributed by atoms with E-state index in [9.17, 15) is 0 Å². The quantitative estimate of drug-likeness (QED) is 0.526. The molecular weight excluding hydrogens is 288 g/mol. The van der Waals surface area contributed by atoms with Crippen LogP contribution in [0.2, 0.25) is 0 Å². The molecule has 0 radical (unpaired) electrons. The molecule has 0 spiro atoms. The van der Waals surface area contributed by atoms with Gasteiger partial charge in [-0.1, -0.05) is 76.2 Å². The lowest BCUT2D eigenvalue weighted by molar-refractivity contribution is 0.327. The topological polar surface area (TPSA) is 0 Å². The Morgan fingerprint density at radius 3 is 1.42 bits per heavy atom. The third kappa shape index (κ3) is 4.72. The van der Waals surface area contributed by atoms with Gasteiger partial charge >= 0.3 is 0 Å². The highest BCUT2D eigenvalue weighted by Gasteiger charge is 2.22. The van der Waals surface area contributed by atoms with Crippen molar-refractivity contribution >= 4 is 0 Å². The molecule has 0 N–H and O–H groups in total. The smallest absolute Gasteiger partial charge is 0.0227 e. The Bertz CT molecular complexity index is 638. The molecule has 24 heavy (non-hydrogen) atoms. The average molecular weight is 321 g/mol. The zero-order chi connectivity index (χ0) is 17.2. The van der Waals surface area contributed by atoms with Gasteiger partial charge in [-0.2, -0.15) is 0 Å². The van der Waals surface area contributed by atoms with E-state index in [4.69, 9.17) is 0 Å². The van der Waals surface area contributed by atoms with Gasteiger partial charge in [-0.15, -0.1) is 0 Å². The van der Waals surface area contributed by atoms with Crippen molar-refractivity contribution in [3.05, 3.63) is 70.8 Å². The summed E-state index contributed by atoms with van der Waals surface area (Å²) < 4.78 is 0. The third-order valence-corrected chi connectivity index (χ3v) is 5.53. The van der Waals surface area contributed by atoms with Crippen LogP contribution in [0.3, 0.4) is 0 Å². The van der Waals surface area contributed by atoms with Crippen molar-refractivity contribution in [2.75, 3.05) is 0 Å². The molecule has 0 amide bonds. The van der Waals surface area contributed by atoms with Crippen LogP contribution in [-0.4, -0.2) is 0 Å². The van der Waals surface area contributed by atoms with E-state index in [2.05, 4.69) is 76.2 Å². The van der Waals surface area contributed by atoms with Gasteiger partial charge in [0, 0.05) is 0 Å². The lowest BCUT2D eigenvalue weighted by Gasteiger charge is -2.28. The molecule has 0 aliphatic heterocycles. The van der Waals surface area contributed by atoms with Crippen LogP contribution in [0.1, 0.15) is 62.8 Å². The van der Waals surface area contributed by atoms with E-state index in [1.54, 1.807) is 0 Å². The first-order valence-corrected chi connectivity index (χ1v) is 9.47. The van der Waals surface area contributed by atoms with Crippen molar-refractivity contribution in [3.63, 3.8) is 0 Å². The summed E-state index contributed by atoms with van der Waals surface area (Å²) in [6.07, 6.45) is 7.19. The molecule has 0 heterocycles. The molecule has 0 heteroatoms. The van der Waals surface area contributed by atoms with E-state index >= 15 is 0 Å². The normalized spacial score (nSPS) is 20.2. The van der Waals surface area contributed by atoms with Gasteiger partial charge in [-0.25, -0.2) is 0 Å². The van der Waals surface area contributed by atoms with Crippen molar-refractivity contribution in [2.24, 2.45) is 10.8 Å². The van der Waals surface area contributed by atoms with E-state index in [-0.39, 0.29) is 0 Å². The van der Waals surface area contributed by atoms with Crippen LogP contribution in [0, 0.1) is 10.8 Å². The highest BCUT2D eigenvalue weighted by Crippen LogP contribution is 2.32. The summed E-state index contributed by atoms with van der Waals surface area (Å²) in [5.41, 5.74) is 6.69. The standard InChI is InChI=1S/C24H32/c1-23(2)13-11-19-7-5-8-20(15-19)12-14-24(3,4)18-22-10-6-9-21(16-22)17-23/h5-10,15-16H,11-14,17-18H2,1-4H3. The van der Waals surface area contributed by atoms with Gasteiger partial charge in [-0.05, 0) is 71.6 Å². The number of rotatable bonds is 0. The van der Waals surface area contributed by atoms with Crippen molar-refractivity contribution < 1.29 is 0 Å². The zero-order valence-electron chi connectivity index (χ0n) is 15.9. The fourth-order valence-corrected chi connectivity index (χ4v) is 4.04. The second-order valence-electron chi connectivity index (χ2n) is 9.32. The van der Waals surface area contributed by atoms with E-state index in [0.29, 0.717) is 10.8 Å². The molecule has 1 aliphatic rings. The maximum absolute atomic E-state index is 2.45. The fraction of sp³-hybridized carbons (Fsp3) is 0.500. The average Bonchev–Trinajstić information content (AvgIpc) is 2.50. The summed E-state index contributed by atoms with van der Waals surface area (Å²) in [6, 6.07) is 18.6. The van der Waals surface area contributed by atoms with Gasteiger partial charge in [0.05, 0.1) is 0 Å². The van der Waals surface area contributed by atoms with E-state index in [1.807, 2.05) is 0 Å². The number of hydrogen-bond acceptors (Lipinski definition) is 0. The van der Waals surface area contributed by atoms with Crippen molar-refractivity contribution in [1.29, 1.82) is 0 Å². The number of aryl methyl sites for hydroxylation is 2. The molecule has 0 unspecified atom stereocenters. The Morgan fingerprint density at radius 2 is 0.958 bits per heavy atom. The Hall–Kier alpha value is -1.56. The monoisotopic (exact) mass is 320 g/mol. The first-order chi connectivity index (χ1) is 11.3. The van der Waals surface area contributed by atoms with Gasteiger partial charge in [-0.3, -0.25) is 0 Å². The lowest BCUT2D eigenvalue weighted by Crippen LogP contribution is -2.18. The van der Waals surface area contributed by atoms with Crippen molar-refractivity contribution in [3.8, 4) is 0 Å². The fourth-order valence-electron chi connectivity index (χ4n) is 4.04. The second-order valence-corrected chi connectivity index (χ2v) is 9.32. The van der Waals surface area contributed by atoms with Crippen LogP contribution in [-0.2, 0) is 25.7 Å². The van der Waals surface area contributed by atoms with Crippen LogP contribution in [0.15, 0.2) is 48.5 Å². The van der Waals surface area contributed by atoms with Gasteiger partial charge in [0.2, 0.25) is 0 Å². The minimum Gasteiger partial charge on any atom is -0.0617 e. The predicted octanol–water partition coefficient (Wildman–Crippen LogP) is 6.40. The summed E-state index contributed by atoms with van der Waals surface area (Å²) in [4.78, 5) is 0. The molecule has 0 fully saturated rings. The molecule has 3 rings (SSSR count). The third-order valence-electron chi connectivity index (χ3n) is 5.53. The highest BCUT2D eigenvalue weighted by molar-refractivity contribution is 5.27. The Labute approximate surface area is 148 Å². The molecule has 0 aromatic heterocycles. The van der Waals surface area contributed by atoms with Gasteiger partial charge in [0.25, 0.3) is 0 Å². The molecule has 0 nitrogen and oxygen atoms in total. The highest BCUT2D eigenvalue weighted by atomic mass is 14.3. The first kappa shape index (κ1) is 17.3. The van der Waals surface area contributed by atoms with E-state index in [0.717, 1.165) is 0 Å². The first-order valence-electron chi connectivity index (χ1n) is 9.47. The van der Waals surface area contributed by atoms with Gasteiger partial charge in [0.15, 0.2) is 0 Å². The maximum atomic E-state index is 2.45. The molecule has 2 aromatic carbocycles. The molecule has 0 saturated carbocycles. The van der Waals surface area contributed by atoms with Crippen LogP contribution >= 0.6 is 0 Å². The minimum atomic E-state index is 0.342. The van der Waals surface area contributed by atoms with Crippen LogP contribution in [0.5, 0.6) is 0 Å². The molecule has 0 atom stereocenters. The molecule has 1 aliphatic carbocycles. The second kappa shape index (κ2) is 6.75. The molecule has 0 saturated heterocycles. The van der Waals surface area contributed by atoms with Crippen LogP contribution in [0.4, 0.5) is 0 Å². The zero-order valence-corrected chi connectivity index (χ0v) is 15.9. The molecular formula is C24H32. The van der Waals surface area contributed by atoms with Crippen molar-refractivity contribution in [1.82, 2.24) is 0 Å². The summed E-state index contributed by atoms with van der Waals surface area (Å²) in [6.45, 7) is 9.66. The molecule has 2 aromatic rings. The van der Waals surface area contributed by atoms with Gasteiger partial charge in [0.1, 0.15) is 0 Å². The molecule has 128 valence electrons. The van der Waals surface area contributed by atoms with Crippen molar-refractivity contribution in [2.45, 2.75) is 66.2 Å². The number of fused-ring (bicyclic) bond motifs is 4. The Morgan fingerprint density at radius 1 is 0.583 bits per heavy atom.